The number of amides is 1. The first kappa shape index (κ1) is 21.6. The van der Waals surface area contributed by atoms with Crippen molar-refractivity contribution in [3.63, 3.8) is 0 Å². The van der Waals surface area contributed by atoms with Gasteiger partial charge in [-0.05, 0) is 68.1 Å². The number of piperidine rings is 1. The molecule has 3 unspecified atom stereocenters. The lowest BCUT2D eigenvalue weighted by Crippen LogP contribution is -2.41. The summed E-state index contributed by atoms with van der Waals surface area (Å²) in [5.41, 5.74) is 3.80. The summed E-state index contributed by atoms with van der Waals surface area (Å²) in [7, 11) is 0. The van der Waals surface area contributed by atoms with Crippen LogP contribution in [0.15, 0.2) is 24.4 Å². The van der Waals surface area contributed by atoms with Gasteiger partial charge in [0.05, 0.1) is 6.20 Å². The second kappa shape index (κ2) is 9.23. The van der Waals surface area contributed by atoms with E-state index in [9.17, 15) is 4.79 Å². The Morgan fingerprint density at radius 1 is 1.16 bits per heavy atom. The van der Waals surface area contributed by atoms with Gasteiger partial charge in [-0.3, -0.25) is 4.79 Å². The zero-order chi connectivity index (χ0) is 22.0. The van der Waals surface area contributed by atoms with E-state index in [0.717, 1.165) is 24.9 Å². The maximum atomic E-state index is 12.8. The van der Waals surface area contributed by atoms with Crippen LogP contribution >= 0.6 is 0 Å². The third-order valence-corrected chi connectivity index (χ3v) is 7.06. The predicted molar refractivity (Wildman–Crippen MR) is 122 cm³/mol. The van der Waals surface area contributed by atoms with Crippen molar-refractivity contribution in [3.8, 4) is 6.07 Å². The number of hydrogen-bond acceptors (Lipinski definition) is 4. The molecule has 164 valence electrons. The second-order valence-electron chi connectivity index (χ2n) is 9.56. The molecule has 1 aliphatic heterocycles. The second-order valence-corrected chi connectivity index (χ2v) is 9.56. The van der Waals surface area contributed by atoms with Crippen LogP contribution in [0.2, 0.25) is 0 Å². The van der Waals surface area contributed by atoms with E-state index in [0.29, 0.717) is 29.8 Å². The Bertz CT molecular complexity index is 965. The van der Waals surface area contributed by atoms with Crippen LogP contribution in [0.4, 0.5) is 5.69 Å². The summed E-state index contributed by atoms with van der Waals surface area (Å²) in [6, 6.07) is 9.63. The number of nitrogens with zero attached hydrogens (tertiary/aromatic N) is 2. The van der Waals surface area contributed by atoms with Gasteiger partial charge in [-0.15, -0.1) is 0 Å². The predicted octanol–water partition coefficient (Wildman–Crippen LogP) is 5.07. The molecule has 1 saturated heterocycles. The van der Waals surface area contributed by atoms with Gasteiger partial charge in [0.25, 0.3) is 5.91 Å². The number of aromatic nitrogens is 2. The Kier molecular flexibility index (Phi) is 6.43. The monoisotopic (exact) mass is 419 g/mol. The highest BCUT2D eigenvalue weighted by Gasteiger charge is 2.29. The zero-order valence-corrected chi connectivity index (χ0v) is 18.7. The summed E-state index contributed by atoms with van der Waals surface area (Å²) >= 11 is 0. The Morgan fingerprint density at radius 3 is 2.58 bits per heavy atom. The van der Waals surface area contributed by atoms with Crippen molar-refractivity contribution in [2.45, 2.75) is 83.2 Å². The van der Waals surface area contributed by atoms with E-state index < -0.39 is 0 Å². The van der Waals surface area contributed by atoms with Crippen LogP contribution in [-0.2, 0) is 0 Å². The van der Waals surface area contributed by atoms with Crippen molar-refractivity contribution in [1.82, 2.24) is 15.3 Å². The van der Waals surface area contributed by atoms with Crippen LogP contribution in [0.1, 0.15) is 98.6 Å². The highest BCUT2D eigenvalue weighted by Crippen LogP contribution is 2.42. The SMILES string of the molecule is CC1CCCCC1c1cc(C2C[C@@H](C)N[C@@H](C)C2)ccc1NC(=O)c1ncc(C#N)[nH]1. The first-order valence-corrected chi connectivity index (χ1v) is 11.6. The lowest BCUT2D eigenvalue weighted by Gasteiger charge is -2.35. The standard InChI is InChI=1S/C25H33N5O/c1-15-6-4-5-7-21(15)22-12-18(19-10-16(2)28-17(3)11-19)8-9-23(22)30-25(31)24-27-14-20(13-26)29-24/h8-9,12,14-17,19,21,28H,4-7,10-11H2,1-3H3,(H,27,29)(H,30,31)/t15?,16-,17+,19?,21?. The molecule has 1 saturated carbocycles. The fourth-order valence-electron chi connectivity index (χ4n) is 5.55. The van der Waals surface area contributed by atoms with E-state index in [1.807, 2.05) is 6.07 Å². The lowest BCUT2D eigenvalue weighted by molar-refractivity contribution is 0.101. The molecule has 31 heavy (non-hydrogen) atoms. The number of hydrogen-bond donors (Lipinski definition) is 3. The van der Waals surface area contributed by atoms with Crippen LogP contribution < -0.4 is 10.6 Å². The minimum absolute atomic E-state index is 0.171. The van der Waals surface area contributed by atoms with Crippen LogP contribution in [0, 0.1) is 17.2 Å². The highest BCUT2D eigenvalue weighted by atomic mass is 16.2. The van der Waals surface area contributed by atoms with E-state index in [1.165, 1.54) is 36.6 Å². The molecule has 4 rings (SSSR count). The number of benzene rings is 1. The molecular formula is C25H33N5O. The largest absolute Gasteiger partial charge is 0.326 e. The summed E-state index contributed by atoms with van der Waals surface area (Å²) in [5, 5.41) is 15.7. The molecule has 6 nitrogen and oxygen atoms in total. The molecule has 1 aromatic carbocycles. The molecule has 1 aromatic heterocycles. The summed E-state index contributed by atoms with van der Waals surface area (Å²) in [6.07, 6.45) is 8.57. The highest BCUT2D eigenvalue weighted by molar-refractivity contribution is 6.02. The molecule has 3 N–H and O–H groups in total. The van der Waals surface area contributed by atoms with Gasteiger partial charge >= 0.3 is 0 Å². The summed E-state index contributed by atoms with van der Waals surface area (Å²) in [6.45, 7) is 6.86. The van der Waals surface area contributed by atoms with Crippen molar-refractivity contribution in [2.24, 2.45) is 5.92 Å². The van der Waals surface area contributed by atoms with Gasteiger partial charge in [0.1, 0.15) is 11.8 Å². The molecule has 2 aromatic rings. The molecule has 2 fully saturated rings. The number of rotatable bonds is 4. The van der Waals surface area contributed by atoms with Gasteiger partial charge < -0.3 is 15.6 Å². The topological polar surface area (TPSA) is 93.6 Å². The third-order valence-electron chi connectivity index (χ3n) is 7.06. The number of nitrogens with one attached hydrogen (secondary N) is 3. The molecule has 0 spiro atoms. The zero-order valence-electron chi connectivity index (χ0n) is 18.7. The third kappa shape index (κ3) is 4.83. The van der Waals surface area contributed by atoms with Crippen molar-refractivity contribution < 1.29 is 4.79 Å². The van der Waals surface area contributed by atoms with Crippen LogP contribution in [-0.4, -0.2) is 28.0 Å². The number of carbonyl (C=O) groups excluding carboxylic acids is 1. The number of H-pyrrole nitrogens is 1. The average Bonchev–Trinajstić information content (AvgIpc) is 3.23. The van der Waals surface area contributed by atoms with Gasteiger partial charge in [0.2, 0.25) is 0 Å². The fraction of sp³-hybridized carbons (Fsp3) is 0.560. The maximum Gasteiger partial charge on any atom is 0.291 e. The smallest absolute Gasteiger partial charge is 0.291 e. The van der Waals surface area contributed by atoms with Gasteiger partial charge in [-0.2, -0.15) is 5.26 Å². The fourth-order valence-corrected chi connectivity index (χ4v) is 5.55. The van der Waals surface area contributed by atoms with Crippen LogP contribution in [0.3, 0.4) is 0 Å². The first-order chi connectivity index (χ1) is 14.9. The van der Waals surface area contributed by atoms with Crippen molar-refractivity contribution in [2.75, 3.05) is 5.32 Å². The lowest BCUT2D eigenvalue weighted by atomic mass is 9.74. The Labute approximate surface area is 184 Å². The van der Waals surface area contributed by atoms with Gasteiger partial charge in [-0.1, -0.05) is 38.3 Å². The Balaban J connectivity index is 1.65. The molecule has 1 amide bonds. The maximum absolute atomic E-state index is 12.8. The van der Waals surface area contributed by atoms with E-state index in [1.54, 1.807) is 0 Å². The number of imidazole rings is 1. The van der Waals surface area contributed by atoms with Gasteiger partial charge in [0, 0.05) is 17.8 Å². The Hall–Kier alpha value is -2.65. The quantitative estimate of drug-likeness (QED) is 0.645. The number of aromatic amines is 1. The molecular weight excluding hydrogens is 386 g/mol. The van der Waals surface area contributed by atoms with Crippen LogP contribution in [0.5, 0.6) is 0 Å². The number of anilines is 1. The van der Waals surface area contributed by atoms with Crippen molar-refractivity contribution in [1.29, 1.82) is 5.26 Å². The molecule has 1 aliphatic carbocycles. The molecule has 2 aliphatic rings. The Morgan fingerprint density at radius 2 is 1.90 bits per heavy atom. The van der Waals surface area contributed by atoms with Crippen molar-refractivity contribution in [3.05, 3.63) is 47.0 Å². The minimum atomic E-state index is -0.303. The average molecular weight is 420 g/mol. The van der Waals surface area contributed by atoms with E-state index in [4.69, 9.17) is 5.26 Å². The van der Waals surface area contributed by atoms with E-state index >= 15 is 0 Å². The van der Waals surface area contributed by atoms with E-state index in [2.05, 4.69) is 59.6 Å². The number of nitriles is 1. The van der Waals surface area contributed by atoms with Gasteiger partial charge in [0.15, 0.2) is 5.82 Å². The van der Waals surface area contributed by atoms with Gasteiger partial charge in [-0.25, -0.2) is 4.98 Å². The molecule has 5 atom stereocenters. The summed E-state index contributed by atoms with van der Waals surface area (Å²) in [5.74, 6) is 1.45. The molecule has 6 heteroatoms. The number of carbonyl (C=O) groups is 1. The van der Waals surface area contributed by atoms with E-state index in [-0.39, 0.29) is 17.4 Å². The molecule has 0 radical (unpaired) electrons. The van der Waals surface area contributed by atoms with Crippen LogP contribution in [0.25, 0.3) is 0 Å². The normalized spacial score (nSPS) is 28.6. The minimum Gasteiger partial charge on any atom is -0.326 e. The molecule has 0 bridgehead atoms. The summed E-state index contributed by atoms with van der Waals surface area (Å²) < 4.78 is 0. The first-order valence-electron chi connectivity index (χ1n) is 11.6. The molecule has 2 heterocycles. The van der Waals surface area contributed by atoms with Crippen molar-refractivity contribution >= 4 is 11.6 Å². The summed E-state index contributed by atoms with van der Waals surface area (Å²) in [4.78, 5) is 19.6.